The minimum absolute atomic E-state index is 0.0563. The third kappa shape index (κ3) is 5.18. The highest BCUT2D eigenvalue weighted by Gasteiger charge is 2.25. The molecule has 10 heteroatoms. The summed E-state index contributed by atoms with van der Waals surface area (Å²) in [6.07, 6.45) is 1.61. The second-order valence-electron chi connectivity index (χ2n) is 6.96. The number of nitrogens with zero attached hydrogens (tertiary/aromatic N) is 3. The number of carbonyl (C=O) groups excluding carboxylic acids is 1. The molecular weight excluding hydrogens is 444 g/mol. The van der Waals surface area contributed by atoms with E-state index in [1.54, 1.807) is 31.6 Å². The summed E-state index contributed by atoms with van der Waals surface area (Å²) in [4.78, 5) is 13.2. The minimum Gasteiger partial charge on any atom is -0.493 e. The van der Waals surface area contributed by atoms with Crippen molar-refractivity contribution in [1.29, 1.82) is 0 Å². The molecule has 3 aromatic rings. The molecular formula is C23H28N4O5S. The number of amides is 1. The van der Waals surface area contributed by atoms with E-state index < -0.39 is 15.9 Å². The topological polar surface area (TPSA) is 103 Å². The smallest absolute Gasteiger partial charge is 0.280 e. The van der Waals surface area contributed by atoms with E-state index in [0.717, 1.165) is 5.69 Å². The Kier molecular flexibility index (Phi) is 7.72. The molecule has 0 atom stereocenters. The van der Waals surface area contributed by atoms with Crippen molar-refractivity contribution in [3.63, 3.8) is 0 Å². The Morgan fingerprint density at radius 3 is 2.36 bits per heavy atom. The number of hydrogen-bond acceptors (Lipinski definition) is 6. The van der Waals surface area contributed by atoms with Crippen LogP contribution in [0.15, 0.2) is 59.6 Å². The lowest BCUT2D eigenvalue weighted by atomic mass is 10.2. The first kappa shape index (κ1) is 24.3. The van der Waals surface area contributed by atoms with Crippen LogP contribution in [0, 0.1) is 0 Å². The molecule has 0 bridgehead atoms. The average Bonchev–Trinajstić information content (AvgIpc) is 3.26. The normalized spacial score (nSPS) is 11.4. The van der Waals surface area contributed by atoms with Crippen LogP contribution < -0.4 is 14.8 Å². The number of methoxy groups -OCH3 is 1. The molecule has 1 aromatic heterocycles. The quantitative estimate of drug-likeness (QED) is 0.484. The van der Waals surface area contributed by atoms with Gasteiger partial charge in [0.25, 0.3) is 5.91 Å². The highest BCUT2D eigenvalue weighted by atomic mass is 32.2. The van der Waals surface area contributed by atoms with Gasteiger partial charge in [0.15, 0.2) is 11.4 Å². The summed E-state index contributed by atoms with van der Waals surface area (Å²) in [5, 5.41) is 7.10. The van der Waals surface area contributed by atoms with Gasteiger partial charge in [-0.15, -0.1) is 0 Å². The highest BCUT2D eigenvalue weighted by Crippen LogP contribution is 2.30. The molecule has 0 saturated heterocycles. The average molecular weight is 473 g/mol. The number of anilines is 1. The molecule has 0 spiro atoms. The Bertz CT molecular complexity index is 1200. The van der Waals surface area contributed by atoms with E-state index in [-0.39, 0.29) is 22.0 Å². The molecule has 1 amide bonds. The molecule has 0 aliphatic rings. The van der Waals surface area contributed by atoms with E-state index in [0.29, 0.717) is 25.4 Å². The first-order valence-electron chi connectivity index (χ1n) is 10.6. The molecule has 176 valence electrons. The molecule has 0 saturated carbocycles. The maximum atomic E-state index is 13.1. The second kappa shape index (κ2) is 10.5. The summed E-state index contributed by atoms with van der Waals surface area (Å²) in [7, 11) is -2.27. The van der Waals surface area contributed by atoms with Crippen LogP contribution in [-0.2, 0) is 10.0 Å². The third-order valence-electron chi connectivity index (χ3n) is 4.98. The number of para-hydroxylation sites is 1. The van der Waals surface area contributed by atoms with Crippen LogP contribution in [0.3, 0.4) is 0 Å². The molecule has 0 fully saturated rings. The summed E-state index contributed by atoms with van der Waals surface area (Å²) in [6, 6.07) is 13.7. The van der Waals surface area contributed by atoms with Crippen LogP contribution in [0.5, 0.6) is 11.5 Å². The Balaban J connectivity index is 1.98. The van der Waals surface area contributed by atoms with Crippen LogP contribution in [0.4, 0.5) is 5.69 Å². The van der Waals surface area contributed by atoms with Crippen LogP contribution in [0.1, 0.15) is 31.3 Å². The maximum Gasteiger partial charge on any atom is 0.280 e. The van der Waals surface area contributed by atoms with Crippen molar-refractivity contribution >= 4 is 21.6 Å². The van der Waals surface area contributed by atoms with Gasteiger partial charge in [-0.1, -0.05) is 32.0 Å². The van der Waals surface area contributed by atoms with E-state index in [2.05, 4.69) is 10.4 Å². The van der Waals surface area contributed by atoms with Crippen molar-refractivity contribution in [2.24, 2.45) is 0 Å². The molecule has 0 aliphatic carbocycles. The lowest BCUT2D eigenvalue weighted by Crippen LogP contribution is -2.30. The number of carbonyl (C=O) groups is 1. The van der Waals surface area contributed by atoms with Gasteiger partial charge in [-0.2, -0.15) is 9.40 Å². The van der Waals surface area contributed by atoms with Gasteiger partial charge in [0.1, 0.15) is 5.75 Å². The van der Waals surface area contributed by atoms with E-state index >= 15 is 0 Å². The summed E-state index contributed by atoms with van der Waals surface area (Å²) < 4.78 is 39.8. The SMILES string of the molecule is CCOc1ccc(S(=O)(=O)N(CC)CC)cc1NC(=O)c1nn(-c2ccccc2)cc1OC. The Morgan fingerprint density at radius 2 is 1.76 bits per heavy atom. The molecule has 0 radical (unpaired) electrons. The summed E-state index contributed by atoms with van der Waals surface area (Å²) in [5.41, 5.74) is 1.05. The Morgan fingerprint density at radius 1 is 1.06 bits per heavy atom. The molecule has 9 nitrogen and oxygen atoms in total. The van der Waals surface area contributed by atoms with Crippen molar-refractivity contribution in [1.82, 2.24) is 14.1 Å². The van der Waals surface area contributed by atoms with Crippen molar-refractivity contribution < 1.29 is 22.7 Å². The van der Waals surface area contributed by atoms with E-state index in [1.807, 2.05) is 30.3 Å². The van der Waals surface area contributed by atoms with E-state index in [4.69, 9.17) is 9.47 Å². The molecule has 33 heavy (non-hydrogen) atoms. The zero-order chi connectivity index (χ0) is 24.0. The van der Waals surface area contributed by atoms with Gasteiger partial charge < -0.3 is 14.8 Å². The summed E-state index contributed by atoms with van der Waals surface area (Å²) >= 11 is 0. The molecule has 1 heterocycles. The van der Waals surface area contributed by atoms with Gasteiger partial charge in [-0.05, 0) is 37.3 Å². The zero-order valence-electron chi connectivity index (χ0n) is 19.1. The van der Waals surface area contributed by atoms with Crippen LogP contribution >= 0.6 is 0 Å². The van der Waals surface area contributed by atoms with Crippen molar-refractivity contribution in [3.05, 3.63) is 60.4 Å². The molecule has 2 aromatic carbocycles. The second-order valence-corrected chi connectivity index (χ2v) is 8.90. The lowest BCUT2D eigenvalue weighted by Gasteiger charge is -2.20. The number of sulfonamides is 1. The Labute approximate surface area is 194 Å². The first-order chi connectivity index (χ1) is 15.8. The van der Waals surface area contributed by atoms with E-state index in [9.17, 15) is 13.2 Å². The fraction of sp³-hybridized carbons (Fsp3) is 0.304. The van der Waals surface area contributed by atoms with Crippen molar-refractivity contribution in [3.8, 4) is 17.2 Å². The Hall–Kier alpha value is -3.37. The zero-order valence-corrected chi connectivity index (χ0v) is 19.9. The van der Waals surface area contributed by atoms with Gasteiger partial charge in [0.05, 0.1) is 36.2 Å². The highest BCUT2D eigenvalue weighted by molar-refractivity contribution is 7.89. The predicted octanol–water partition coefficient (Wildman–Crippen LogP) is 3.56. The number of rotatable bonds is 10. The van der Waals surface area contributed by atoms with Gasteiger partial charge in [-0.25, -0.2) is 13.1 Å². The predicted molar refractivity (Wildman–Crippen MR) is 126 cm³/mol. The number of ether oxygens (including phenoxy) is 2. The number of hydrogen-bond donors (Lipinski definition) is 1. The number of benzene rings is 2. The van der Waals surface area contributed by atoms with Gasteiger partial charge in [0, 0.05) is 13.1 Å². The third-order valence-corrected chi connectivity index (χ3v) is 7.02. The molecule has 0 aliphatic heterocycles. The summed E-state index contributed by atoms with van der Waals surface area (Å²) in [5.74, 6) is 0.0758. The fourth-order valence-corrected chi connectivity index (χ4v) is 4.81. The van der Waals surface area contributed by atoms with Crippen molar-refractivity contribution in [2.45, 2.75) is 25.7 Å². The standard InChI is InChI=1S/C23H28N4O5S/c1-5-26(6-2)33(29,30)18-13-14-20(32-7-3)19(15-18)24-23(28)22-21(31-4)16-27(25-22)17-11-9-8-10-12-17/h8-16H,5-7H2,1-4H3,(H,24,28). The monoisotopic (exact) mass is 472 g/mol. The largest absolute Gasteiger partial charge is 0.493 e. The first-order valence-corrected chi connectivity index (χ1v) is 12.1. The van der Waals surface area contributed by atoms with Crippen LogP contribution in [-0.4, -0.2) is 55.2 Å². The van der Waals surface area contributed by atoms with Gasteiger partial charge in [0.2, 0.25) is 10.0 Å². The lowest BCUT2D eigenvalue weighted by molar-refractivity contribution is 0.101. The van der Waals surface area contributed by atoms with Gasteiger partial charge in [-0.3, -0.25) is 4.79 Å². The van der Waals surface area contributed by atoms with Crippen LogP contribution in [0.25, 0.3) is 5.69 Å². The fourth-order valence-electron chi connectivity index (χ4n) is 3.32. The maximum absolute atomic E-state index is 13.1. The minimum atomic E-state index is -3.72. The number of nitrogens with one attached hydrogen (secondary N) is 1. The molecule has 0 unspecified atom stereocenters. The number of aromatic nitrogens is 2. The molecule has 3 rings (SSSR count). The van der Waals surface area contributed by atoms with Gasteiger partial charge >= 0.3 is 0 Å². The van der Waals surface area contributed by atoms with Crippen molar-refractivity contribution in [2.75, 3.05) is 32.1 Å². The molecule has 1 N–H and O–H groups in total. The van der Waals surface area contributed by atoms with E-state index in [1.165, 1.54) is 29.6 Å². The van der Waals surface area contributed by atoms with Crippen LogP contribution in [0.2, 0.25) is 0 Å². The summed E-state index contributed by atoms with van der Waals surface area (Å²) in [6.45, 7) is 6.36.